The van der Waals surface area contributed by atoms with Crippen LogP contribution < -0.4 is 10.2 Å². The number of nitrogens with zero attached hydrogens (tertiary/aromatic N) is 3. The van der Waals surface area contributed by atoms with Crippen LogP contribution >= 0.6 is 12.6 Å². The number of imide groups is 1. The first kappa shape index (κ1) is 23.0. The minimum atomic E-state index is -0.317. The molecule has 4 aliphatic rings. The third-order valence-electron chi connectivity index (χ3n) is 8.22. The highest BCUT2D eigenvalue weighted by molar-refractivity contribution is 7.80. The zero-order valence-corrected chi connectivity index (χ0v) is 20.6. The van der Waals surface area contributed by atoms with Gasteiger partial charge in [-0.25, -0.2) is 4.39 Å². The number of thiol groups is 1. The number of carbonyl (C=O) groups excluding carboxylic acids is 2. The van der Waals surface area contributed by atoms with Crippen LogP contribution in [0, 0.1) is 5.82 Å². The molecule has 0 aromatic heterocycles. The summed E-state index contributed by atoms with van der Waals surface area (Å²) >= 11 is 4.86. The van der Waals surface area contributed by atoms with Gasteiger partial charge in [0.1, 0.15) is 5.82 Å². The van der Waals surface area contributed by atoms with Gasteiger partial charge in [0.15, 0.2) is 0 Å². The van der Waals surface area contributed by atoms with Crippen molar-refractivity contribution in [2.45, 2.75) is 62.7 Å². The number of nitrogens with one attached hydrogen (secondary N) is 1. The van der Waals surface area contributed by atoms with Crippen LogP contribution in [0.15, 0.2) is 36.4 Å². The lowest BCUT2D eigenvalue weighted by Crippen LogP contribution is -2.51. The molecule has 1 N–H and O–H groups in total. The summed E-state index contributed by atoms with van der Waals surface area (Å²) in [6.45, 7) is 4.62. The molecule has 2 unspecified atom stereocenters. The summed E-state index contributed by atoms with van der Waals surface area (Å²) in [5.41, 5.74) is 6.09. The maximum absolute atomic E-state index is 13.6. The van der Waals surface area contributed by atoms with Crippen molar-refractivity contribution >= 4 is 30.1 Å². The quantitative estimate of drug-likeness (QED) is 0.504. The van der Waals surface area contributed by atoms with Gasteiger partial charge < -0.3 is 4.90 Å². The molecule has 0 spiro atoms. The molecule has 184 valence electrons. The number of halogens is 1. The Morgan fingerprint density at radius 2 is 1.86 bits per heavy atom. The number of benzene rings is 2. The van der Waals surface area contributed by atoms with Crippen LogP contribution in [-0.2, 0) is 29.1 Å². The van der Waals surface area contributed by atoms with Crippen molar-refractivity contribution in [3.8, 4) is 0 Å². The molecule has 4 aliphatic heterocycles. The van der Waals surface area contributed by atoms with E-state index in [9.17, 15) is 14.0 Å². The van der Waals surface area contributed by atoms with E-state index >= 15 is 0 Å². The molecule has 0 aliphatic carbocycles. The molecule has 2 amide bonds. The molecule has 2 aromatic carbocycles. The van der Waals surface area contributed by atoms with Gasteiger partial charge in [-0.05, 0) is 66.1 Å². The van der Waals surface area contributed by atoms with Gasteiger partial charge in [-0.2, -0.15) is 12.6 Å². The van der Waals surface area contributed by atoms with Gasteiger partial charge in [-0.3, -0.25) is 24.7 Å². The normalized spacial score (nSPS) is 25.6. The Bertz CT molecular complexity index is 1170. The largest absolute Gasteiger partial charge is 0.368 e. The van der Waals surface area contributed by atoms with Crippen molar-refractivity contribution < 1.29 is 14.0 Å². The van der Waals surface area contributed by atoms with E-state index in [0.29, 0.717) is 25.4 Å². The lowest BCUT2D eigenvalue weighted by atomic mass is 9.99. The van der Waals surface area contributed by atoms with Gasteiger partial charge in [-0.1, -0.05) is 18.2 Å². The molecule has 6 rings (SSSR count). The van der Waals surface area contributed by atoms with Crippen molar-refractivity contribution in [1.29, 1.82) is 0 Å². The van der Waals surface area contributed by atoms with Crippen molar-refractivity contribution in [2.75, 3.05) is 24.5 Å². The molecule has 2 saturated heterocycles. The van der Waals surface area contributed by atoms with Crippen LogP contribution in [0.2, 0.25) is 0 Å². The molecular formula is C27H31FN4O2S. The maximum Gasteiger partial charge on any atom is 0.243 e. The summed E-state index contributed by atoms with van der Waals surface area (Å²) in [6, 6.07) is 11.8. The number of carbonyl (C=O) groups is 2. The fraction of sp³-hybridized carbons (Fsp3) is 0.481. The fourth-order valence-electron chi connectivity index (χ4n) is 6.37. The predicted octanol–water partition coefficient (Wildman–Crippen LogP) is 3.40. The summed E-state index contributed by atoms with van der Waals surface area (Å²) < 4.78 is 13.6. The highest BCUT2D eigenvalue weighted by atomic mass is 32.1. The van der Waals surface area contributed by atoms with E-state index in [-0.39, 0.29) is 29.0 Å². The van der Waals surface area contributed by atoms with Crippen LogP contribution in [-0.4, -0.2) is 53.3 Å². The van der Waals surface area contributed by atoms with E-state index < -0.39 is 0 Å². The van der Waals surface area contributed by atoms with Gasteiger partial charge in [-0.15, -0.1) is 0 Å². The molecule has 8 heteroatoms. The minimum absolute atomic E-state index is 0.139. The summed E-state index contributed by atoms with van der Waals surface area (Å²) in [4.78, 5) is 31.2. The SMILES string of the molecule is O=C1CCC(N2Cc3c(CN4CCC(N5CCc6cc(F)ccc65)CC4)cccc3C2S)C(=O)N1. The summed E-state index contributed by atoms with van der Waals surface area (Å²) in [6.07, 6.45) is 4.05. The highest BCUT2D eigenvalue weighted by Gasteiger charge is 2.40. The minimum Gasteiger partial charge on any atom is -0.368 e. The number of hydrogen-bond donors (Lipinski definition) is 2. The highest BCUT2D eigenvalue weighted by Crippen LogP contribution is 2.41. The molecule has 0 bridgehead atoms. The zero-order chi connectivity index (χ0) is 24.1. The van der Waals surface area contributed by atoms with Crippen LogP contribution in [0.1, 0.15) is 53.3 Å². The molecule has 0 radical (unpaired) electrons. The first-order valence-electron chi connectivity index (χ1n) is 12.6. The third-order valence-corrected chi connectivity index (χ3v) is 8.79. The van der Waals surface area contributed by atoms with Crippen molar-refractivity contribution in [3.05, 3.63) is 64.5 Å². The molecule has 4 heterocycles. The van der Waals surface area contributed by atoms with Crippen molar-refractivity contribution in [3.63, 3.8) is 0 Å². The fourth-order valence-corrected chi connectivity index (χ4v) is 6.85. The number of hydrogen-bond acceptors (Lipinski definition) is 6. The van der Waals surface area contributed by atoms with E-state index in [1.165, 1.54) is 22.4 Å². The molecule has 2 atom stereocenters. The van der Waals surface area contributed by atoms with Crippen molar-refractivity contribution in [2.24, 2.45) is 0 Å². The Morgan fingerprint density at radius 3 is 2.66 bits per heavy atom. The Kier molecular flexibility index (Phi) is 6.06. The average molecular weight is 495 g/mol. The van der Waals surface area contributed by atoms with Gasteiger partial charge in [0.2, 0.25) is 11.8 Å². The van der Waals surface area contributed by atoms with E-state index in [0.717, 1.165) is 51.0 Å². The summed E-state index contributed by atoms with van der Waals surface area (Å²) in [5.74, 6) is -0.536. The zero-order valence-electron chi connectivity index (χ0n) is 19.8. The molecular weight excluding hydrogens is 463 g/mol. The van der Waals surface area contributed by atoms with Crippen molar-refractivity contribution in [1.82, 2.24) is 15.1 Å². The van der Waals surface area contributed by atoms with Crippen LogP contribution in [0.4, 0.5) is 10.1 Å². The summed E-state index contributed by atoms with van der Waals surface area (Å²) in [5, 5.41) is 2.35. The van der Waals surface area contributed by atoms with Gasteiger partial charge in [0.05, 0.1) is 11.4 Å². The Hall–Kier alpha value is -2.42. The predicted molar refractivity (Wildman–Crippen MR) is 136 cm³/mol. The van der Waals surface area contributed by atoms with E-state index in [2.05, 4.69) is 38.2 Å². The third kappa shape index (κ3) is 4.26. The second-order valence-corrected chi connectivity index (χ2v) is 10.7. The number of piperidine rings is 2. The van der Waals surface area contributed by atoms with Gasteiger partial charge in [0, 0.05) is 50.9 Å². The number of fused-ring (bicyclic) bond motifs is 2. The van der Waals surface area contributed by atoms with E-state index in [1.807, 2.05) is 6.07 Å². The standard InChI is InChI=1S/C27H31FN4O2S/c28-19-4-5-23-17(14-19)8-13-31(23)20-9-11-30(12-10-20)15-18-2-1-3-21-22(18)16-32(27(21)35)24-6-7-25(33)29-26(24)34/h1-5,14,20,24,27,35H,6-13,15-16H2,(H,29,33,34). The lowest BCUT2D eigenvalue weighted by molar-refractivity contribution is -0.137. The second kappa shape index (κ2) is 9.22. The molecule has 2 aromatic rings. The number of amides is 2. The Labute approximate surface area is 210 Å². The smallest absolute Gasteiger partial charge is 0.243 e. The first-order valence-corrected chi connectivity index (χ1v) is 13.1. The van der Waals surface area contributed by atoms with Gasteiger partial charge in [0.25, 0.3) is 0 Å². The Morgan fingerprint density at radius 1 is 1.03 bits per heavy atom. The van der Waals surface area contributed by atoms with Crippen LogP contribution in [0.3, 0.4) is 0 Å². The average Bonchev–Trinajstić information content (AvgIpc) is 3.41. The maximum atomic E-state index is 13.6. The number of rotatable bonds is 4. The van der Waals surface area contributed by atoms with Crippen LogP contribution in [0.25, 0.3) is 0 Å². The molecule has 35 heavy (non-hydrogen) atoms. The monoisotopic (exact) mass is 494 g/mol. The van der Waals surface area contributed by atoms with Gasteiger partial charge >= 0.3 is 0 Å². The lowest BCUT2D eigenvalue weighted by Gasteiger charge is -2.38. The first-order chi connectivity index (χ1) is 17.0. The second-order valence-electron chi connectivity index (χ2n) is 10.2. The molecule has 0 saturated carbocycles. The van der Waals surface area contributed by atoms with E-state index in [1.54, 1.807) is 12.1 Å². The Balaban J connectivity index is 1.11. The van der Waals surface area contributed by atoms with E-state index in [4.69, 9.17) is 12.6 Å². The summed E-state index contributed by atoms with van der Waals surface area (Å²) in [7, 11) is 0. The molecule has 2 fully saturated rings. The van der Waals surface area contributed by atoms with Crippen LogP contribution in [0.5, 0.6) is 0 Å². The topological polar surface area (TPSA) is 55.9 Å². The number of anilines is 1. The number of likely N-dealkylation sites (tertiary alicyclic amines) is 1. The molecule has 6 nitrogen and oxygen atoms in total.